The smallest absolute Gasteiger partial charge is 0.355 e. The van der Waals surface area contributed by atoms with Crippen LogP contribution >= 0.6 is 0 Å². The number of Topliss-reactive ketones (excluding diaryl/α,β-unsaturated/α-hetero) is 2. The van der Waals surface area contributed by atoms with Crippen LogP contribution in [0.2, 0.25) is 0 Å². The maximum absolute atomic E-state index is 14.7. The number of ketones is 2. The number of pyridine rings is 1. The first kappa shape index (κ1) is 75.1. The zero-order valence-electron chi connectivity index (χ0n) is 57.2. The quantitative estimate of drug-likeness (QED) is 0.124. The summed E-state index contributed by atoms with van der Waals surface area (Å²) in [7, 11) is 3.76. The summed E-state index contributed by atoms with van der Waals surface area (Å²) in [6.07, 6.45) is 9.61. The predicted octanol–water partition coefficient (Wildman–Crippen LogP) is 3.59. The Morgan fingerprint density at radius 3 is 2.20 bits per heavy atom. The maximum Gasteiger partial charge on any atom is 0.355 e. The van der Waals surface area contributed by atoms with Gasteiger partial charge in [0.25, 0.3) is 11.8 Å². The van der Waals surface area contributed by atoms with E-state index < -0.39 is 119 Å². The van der Waals surface area contributed by atoms with Crippen LogP contribution in [0.3, 0.4) is 0 Å². The zero-order valence-corrected chi connectivity index (χ0v) is 57.2. The van der Waals surface area contributed by atoms with Crippen LogP contribution in [0.4, 0.5) is 5.69 Å². The molecule has 7 N–H and O–H groups in total. The van der Waals surface area contributed by atoms with E-state index >= 15 is 0 Å². The summed E-state index contributed by atoms with van der Waals surface area (Å²) >= 11 is 0. The molecule has 2 aromatic heterocycles. The number of nitrogens with one attached hydrogen (secondary N) is 5. The Morgan fingerprint density at radius 1 is 0.800 bits per heavy atom. The van der Waals surface area contributed by atoms with E-state index in [2.05, 4.69) is 36.6 Å². The van der Waals surface area contributed by atoms with Crippen LogP contribution in [0.25, 0.3) is 0 Å². The number of aliphatic hydroxyl groups is 1. The van der Waals surface area contributed by atoms with Crippen molar-refractivity contribution in [3.05, 3.63) is 155 Å². The summed E-state index contributed by atoms with van der Waals surface area (Å²) in [4.78, 5) is 177. The first-order valence-electron chi connectivity index (χ1n) is 33.4. The van der Waals surface area contributed by atoms with Crippen molar-refractivity contribution in [2.75, 3.05) is 45.2 Å². The molecule has 5 aliphatic heterocycles. The normalized spacial score (nSPS) is 26.3. The standard InChI is InChI=1S/C44H52N8O10.C28H35N3O7/c1-5-30-42(59)51-21-10-13-32(51)38(55)47-31(23-26-15-17-28(18-16-26)50(3)4)43(60)52-22-19-29(53)24-33(52)39(56)49-36(27-11-7-6-8-12-27)44(61)62-25(2)35(40(57)46-30)48-41(58)37-34(54)14-9-20-45-37;1-17(2)26-19(4)9-10-24(34)29-11-5-7-18(3)13-20(32)14-21(33)15-25-30-22(16-37-25)27(35)31-12-6-8-23(31)28(36)38-26/h6-9,11-12,14-18,20,25,30-33,35-36,54H,5,10,13,19,21-24H2,1-4H3,(H,46,57)(H,47,55)(H,48,58)(H,49,56);5,7-10,13,16-17,19-20,26,32H,6,11-12,14-15H2,1-4H3,(H,29,34)/b;7-5-,10-9-,18-13-. The van der Waals surface area contributed by atoms with Gasteiger partial charge in [0.2, 0.25) is 41.3 Å². The topological polar surface area (TPSA) is 376 Å². The van der Waals surface area contributed by atoms with Crippen molar-refractivity contribution >= 4 is 76.4 Å². The van der Waals surface area contributed by atoms with Gasteiger partial charge < -0.3 is 70.3 Å². The number of esters is 2. The van der Waals surface area contributed by atoms with E-state index in [0.29, 0.717) is 18.4 Å². The molecule has 4 aromatic rings. The fourth-order valence-electron chi connectivity index (χ4n) is 12.3. The second-order valence-corrected chi connectivity index (χ2v) is 25.7. The van der Waals surface area contributed by atoms with Crippen molar-refractivity contribution < 1.29 is 81.6 Å². The highest BCUT2D eigenvalue weighted by Gasteiger charge is 2.45. The minimum Gasteiger partial charge on any atom is -0.505 e. The molecule has 3 fully saturated rings. The second-order valence-electron chi connectivity index (χ2n) is 25.7. The van der Waals surface area contributed by atoms with Crippen molar-refractivity contribution in [2.45, 2.75) is 154 Å². The van der Waals surface area contributed by atoms with Gasteiger partial charge in [-0.1, -0.05) is 106 Å². The Balaban J connectivity index is 0.000000286. The number of carbonyl (C=O) groups is 12. The van der Waals surface area contributed by atoms with Gasteiger partial charge in [-0.2, -0.15) is 0 Å². The Labute approximate surface area is 579 Å². The third-order valence-electron chi connectivity index (χ3n) is 17.6. The highest BCUT2D eigenvalue weighted by Crippen LogP contribution is 2.28. The number of aromatic nitrogens is 2. The van der Waals surface area contributed by atoms with E-state index in [9.17, 15) is 67.7 Å². The first-order chi connectivity index (χ1) is 47.7. The molecule has 2 aromatic carbocycles. The number of rotatable bonds is 8. The van der Waals surface area contributed by atoms with Gasteiger partial charge in [0.15, 0.2) is 17.4 Å². The van der Waals surface area contributed by atoms with E-state index in [0.717, 1.165) is 17.5 Å². The lowest BCUT2D eigenvalue weighted by atomic mass is 9.94. The summed E-state index contributed by atoms with van der Waals surface area (Å²) in [5, 5.41) is 34.0. The molecule has 3 saturated heterocycles. The van der Waals surface area contributed by atoms with E-state index in [1.54, 1.807) is 74.6 Å². The van der Waals surface area contributed by atoms with Crippen LogP contribution in [0, 0.1) is 11.8 Å². The molecule has 28 nitrogen and oxygen atoms in total. The van der Waals surface area contributed by atoms with Gasteiger partial charge in [-0.25, -0.2) is 19.6 Å². The molecule has 100 heavy (non-hydrogen) atoms. The lowest BCUT2D eigenvalue weighted by Crippen LogP contribution is -2.61. The van der Waals surface area contributed by atoms with Gasteiger partial charge in [0.05, 0.1) is 12.5 Å². The number of cyclic esters (lactones) is 2. The van der Waals surface area contributed by atoms with Crippen LogP contribution in [0.15, 0.2) is 131 Å². The molecule has 2 bridgehead atoms. The van der Waals surface area contributed by atoms with Crippen LogP contribution in [0.1, 0.15) is 131 Å². The largest absolute Gasteiger partial charge is 0.505 e. The number of nitrogens with zero attached hydrogens (tertiary/aromatic N) is 6. The number of fused-ring (bicyclic) bond motifs is 5. The molecule has 28 heteroatoms. The summed E-state index contributed by atoms with van der Waals surface area (Å²) in [6, 6.07) is 9.91. The van der Waals surface area contributed by atoms with Crippen molar-refractivity contribution in [1.82, 2.24) is 51.3 Å². The van der Waals surface area contributed by atoms with E-state index in [-0.39, 0.29) is 123 Å². The van der Waals surface area contributed by atoms with Gasteiger partial charge in [-0.05, 0) is 86.9 Å². The van der Waals surface area contributed by atoms with Crippen molar-refractivity contribution in [3.63, 3.8) is 0 Å². The average molecular weight is 1380 g/mol. The fraction of sp³-hybridized carbons (Fsp3) is 0.444. The number of oxazole rings is 1. The highest BCUT2D eigenvalue weighted by atomic mass is 16.6. The summed E-state index contributed by atoms with van der Waals surface area (Å²) in [5.74, 6) is -8.55. The summed E-state index contributed by atoms with van der Waals surface area (Å²) in [6.45, 7) is 11.0. The van der Waals surface area contributed by atoms with Gasteiger partial charge in [0, 0.05) is 83.8 Å². The molecule has 8 amide bonds. The van der Waals surface area contributed by atoms with E-state index in [1.807, 2.05) is 64.0 Å². The van der Waals surface area contributed by atoms with Crippen molar-refractivity contribution in [2.24, 2.45) is 11.8 Å². The van der Waals surface area contributed by atoms with Gasteiger partial charge in [-0.15, -0.1) is 0 Å². The van der Waals surface area contributed by atoms with Crippen LogP contribution in [-0.4, -0.2) is 194 Å². The van der Waals surface area contributed by atoms with E-state index in [1.165, 1.54) is 46.0 Å². The van der Waals surface area contributed by atoms with Crippen LogP contribution < -0.4 is 31.5 Å². The zero-order chi connectivity index (χ0) is 72.5. The van der Waals surface area contributed by atoms with Crippen LogP contribution in [0.5, 0.6) is 5.75 Å². The lowest BCUT2D eigenvalue weighted by molar-refractivity contribution is -0.156. The third-order valence-corrected chi connectivity index (χ3v) is 17.6. The monoisotopic (exact) mass is 1380 g/mol. The Hall–Kier alpha value is -10.6. The number of benzene rings is 2. The average Bonchev–Trinajstić information content (AvgIpc) is 0.979. The molecule has 10 atom stereocenters. The number of amides is 8. The number of ether oxygens (including phenoxy) is 2. The van der Waals surface area contributed by atoms with Gasteiger partial charge in [-0.3, -0.25) is 47.9 Å². The molecule has 10 unspecified atom stereocenters. The number of anilines is 1. The van der Waals surface area contributed by atoms with Crippen molar-refractivity contribution in [3.8, 4) is 5.75 Å². The maximum atomic E-state index is 14.7. The number of aliphatic hydroxyl groups excluding tert-OH is 1. The number of hydrogen-bond donors (Lipinski definition) is 7. The summed E-state index contributed by atoms with van der Waals surface area (Å²) < 4.78 is 17.0. The Kier molecular flexibility index (Phi) is 26.1. The Bertz CT molecular complexity index is 3830. The molecule has 0 saturated carbocycles. The minimum absolute atomic E-state index is 0.00557. The fourth-order valence-corrected chi connectivity index (χ4v) is 12.3. The molecule has 9 rings (SSSR count). The van der Waals surface area contributed by atoms with Gasteiger partial charge in [0.1, 0.15) is 71.7 Å². The molecular weight excluding hydrogens is 1290 g/mol. The molecule has 5 aliphatic rings. The lowest BCUT2D eigenvalue weighted by Gasteiger charge is -2.37. The number of carbonyl (C=O) groups excluding carboxylic acids is 12. The third kappa shape index (κ3) is 19.6. The SMILES string of the molecule is CC1=C/C(O)CC(=O)Cc2nc(co2)C(=O)N2CCC=C2C(=O)OC(C(C)C)C(C)/C=C\C(=O)NC/C=C\1.CCC1NC(=O)C(NC(=O)c2ncccc2O)C(C)OC(=O)C(c2ccccc2)NC(=O)C2CC(=O)CCN2C(=O)C(Cc2ccc(N(C)C)cc2)NC(=O)C2CCCN2C1=O. The van der Waals surface area contributed by atoms with E-state index in [4.69, 9.17) is 13.9 Å². The Morgan fingerprint density at radius 2 is 1.50 bits per heavy atom. The molecule has 0 spiro atoms. The number of hydrogen-bond acceptors (Lipinski definition) is 20. The first-order valence-corrected chi connectivity index (χ1v) is 33.4. The number of allylic oxidation sites excluding steroid dienone is 2. The second kappa shape index (κ2) is 34.7. The molecule has 532 valence electrons. The van der Waals surface area contributed by atoms with Crippen LogP contribution in [-0.2, 0) is 70.3 Å². The van der Waals surface area contributed by atoms with Gasteiger partial charge >= 0.3 is 11.9 Å². The predicted molar refractivity (Wildman–Crippen MR) is 362 cm³/mol. The van der Waals surface area contributed by atoms with Crippen molar-refractivity contribution in [1.29, 1.82) is 0 Å². The molecule has 0 radical (unpaired) electrons. The number of aromatic hydroxyl groups is 1. The summed E-state index contributed by atoms with van der Waals surface area (Å²) in [5.41, 5.74) is 2.23. The molecule has 0 aliphatic carbocycles. The number of piperidine rings is 1. The molecule has 7 heterocycles. The highest BCUT2D eigenvalue weighted by molar-refractivity contribution is 6.02. The minimum atomic E-state index is -1.68. The molecular formula is C72H87N11O17.